The fourth-order valence-electron chi connectivity index (χ4n) is 11.3. The molecule has 4 aromatic carbocycles. The molecular formula is C58H74N3O25S5+. The smallest absolute Gasteiger partial charge is 0.333 e. The first-order valence-electron chi connectivity index (χ1n) is 28.4. The Bertz CT molecular complexity index is 4240. The molecule has 2 atom stereocenters. The van der Waals surface area contributed by atoms with E-state index in [-0.39, 0.29) is 99.8 Å². The molecule has 0 radical (unpaired) electrons. The van der Waals surface area contributed by atoms with E-state index in [1.807, 2.05) is 4.90 Å². The lowest BCUT2D eigenvalue weighted by atomic mass is 9.74. The number of benzene rings is 4. The predicted molar refractivity (Wildman–Crippen MR) is 330 cm³/mol. The van der Waals surface area contributed by atoms with E-state index in [0.29, 0.717) is 96.0 Å². The molecule has 91 heavy (non-hydrogen) atoms. The van der Waals surface area contributed by atoms with Crippen LogP contribution in [-0.2, 0) is 94.6 Å². The summed E-state index contributed by atoms with van der Waals surface area (Å²) in [5.41, 5.74) is 0.261. The van der Waals surface area contributed by atoms with Crippen molar-refractivity contribution >= 4 is 95.2 Å². The molecular weight excluding hydrogens is 1300 g/mol. The second-order valence-corrected chi connectivity index (χ2v) is 28.9. The van der Waals surface area contributed by atoms with Gasteiger partial charge in [0.2, 0.25) is 17.4 Å². The zero-order valence-electron chi connectivity index (χ0n) is 50.4. The molecule has 2 unspecified atom stereocenters. The Hall–Kier alpha value is -6.25. The van der Waals surface area contributed by atoms with Crippen molar-refractivity contribution in [3.05, 3.63) is 107 Å². The number of nitrogens with zero attached hydrogens (tertiary/aromatic N) is 3. The van der Waals surface area contributed by atoms with E-state index >= 15 is 0 Å². The number of likely N-dealkylation sites (N-methyl/N-ethyl adjacent to an activating group) is 1. The number of carbonyl (C=O) groups is 1. The zero-order chi connectivity index (χ0) is 66.9. The molecule has 0 amide bonds. The van der Waals surface area contributed by atoms with Gasteiger partial charge in [0.1, 0.15) is 16.3 Å². The SMILES string of the molecule is CCN1C(=CC=C(C)C=CC2=[N+](CCCC(=O)On3c(O)ccc3O)c3ccc4c(S(=O)(=O)O)cc(S(=O)(=O)O)cc4c3C2(C)CCOCCOCCOCCOCCOCCOC)C(C)(CCCS(=O)(=O)O)c2c1ccc1c(S(=O)(=O)O)cc(S(=O)(=O)O)cc21. The maximum absolute atomic E-state index is 13.3. The quantitative estimate of drug-likeness (QED) is 0.0106. The van der Waals surface area contributed by atoms with Crippen molar-refractivity contribution in [3.63, 3.8) is 0 Å². The second kappa shape index (κ2) is 29.8. The number of carbonyl (C=O) groups excluding carboxylic acids is 1. The van der Waals surface area contributed by atoms with Crippen molar-refractivity contribution in [1.29, 1.82) is 0 Å². The lowest BCUT2D eigenvalue weighted by Crippen LogP contribution is -2.33. The molecule has 0 spiro atoms. The van der Waals surface area contributed by atoms with E-state index in [1.165, 1.54) is 12.1 Å². The minimum Gasteiger partial charge on any atom is -0.492 e. The van der Waals surface area contributed by atoms with Gasteiger partial charge < -0.3 is 48.4 Å². The summed E-state index contributed by atoms with van der Waals surface area (Å²) in [5, 5.41) is 20.1. The number of aromatic nitrogens is 1. The Morgan fingerprint density at radius 2 is 1.09 bits per heavy atom. The molecule has 2 aliphatic heterocycles. The van der Waals surface area contributed by atoms with Crippen LogP contribution in [0.1, 0.15) is 70.9 Å². The van der Waals surface area contributed by atoms with Gasteiger partial charge in [-0.2, -0.15) is 46.7 Å². The molecule has 3 heterocycles. The largest absolute Gasteiger partial charge is 0.492 e. The van der Waals surface area contributed by atoms with Gasteiger partial charge in [0.25, 0.3) is 50.6 Å². The van der Waals surface area contributed by atoms with E-state index in [1.54, 1.807) is 75.8 Å². The van der Waals surface area contributed by atoms with Gasteiger partial charge >= 0.3 is 5.97 Å². The van der Waals surface area contributed by atoms with Gasteiger partial charge in [-0.15, -0.1) is 4.73 Å². The molecule has 2 aliphatic rings. The van der Waals surface area contributed by atoms with Gasteiger partial charge in [0.05, 0.1) is 93.4 Å². The van der Waals surface area contributed by atoms with Crippen molar-refractivity contribution in [2.45, 2.75) is 90.2 Å². The molecule has 0 bridgehead atoms. The molecule has 0 aliphatic carbocycles. The first kappa shape index (κ1) is 72.2. The molecule has 500 valence electrons. The highest BCUT2D eigenvalue weighted by Crippen LogP contribution is 2.54. The highest BCUT2D eigenvalue weighted by Gasteiger charge is 2.50. The van der Waals surface area contributed by atoms with Gasteiger partial charge in [-0.25, -0.2) is 4.79 Å². The number of fused-ring (bicyclic) bond motifs is 6. The van der Waals surface area contributed by atoms with Crippen molar-refractivity contribution < 1.29 is 118 Å². The molecule has 28 nitrogen and oxygen atoms in total. The van der Waals surface area contributed by atoms with Crippen molar-refractivity contribution in [2.75, 3.05) is 104 Å². The van der Waals surface area contributed by atoms with Crippen LogP contribution in [0.5, 0.6) is 11.8 Å². The second-order valence-electron chi connectivity index (χ2n) is 21.7. The Morgan fingerprint density at radius 3 is 1.57 bits per heavy atom. The van der Waals surface area contributed by atoms with E-state index < -0.39 is 104 Å². The maximum atomic E-state index is 13.3. The fourth-order valence-corrected chi connectivity index (χ4v) is 14.5. The van der Waals surface area contributed by atoms with Crippen LogP contribution >= 0.6 is 0 Å². The molecule has 7 rings (SSSR count). The number of hydrogen-bond donors (Lipinski definition) is 7. The number of rotatable bonds is 35. The van der Waals surface area contributed by atoms with Crippen LogP contribution in [0.4, 0.5) is 11.4 Å². The summed E-state index contributed by atoms with van der Waals surface area (Å²) in [5.74, 6) is -2.71. The minimum atomic E-state index is -5.18. The fraction of sp³-hybridized carbons (Fsp3) is 0.448. The first-order valence-corrected chi connectivity index (χ1v) is 35.8. The van der Waals surface area contributed by atoms with Gasteiger partial charge in [-0.1, -0.05) is 23.8 Å². The minimum absolute atomic E-state index is 0.00710. The summed E-state index contributed by atoms with van der Waals surface area (Å²) < 4.78 is 214. The van der Waals surface area contributed by atoms with Crippen LogP contribution in [0.15, 0.2) is 116 Å². The van der Waals surface area contributed by atoms with Gasteiger partial charge in [0.15, 0.2) is 5.71 Å². The summed E-state index contributed by atoms with van der Waals surface area (Å²) in [6.45, 7) is 10.3. The van der Waals surface area contributed by atoms with Crippen molar-refractivity contribution in [3.8, 4) is 11.8 Å². The predicted octanol–water partition coefficient (Wildman–Crippen LogP) is 5.96. The summed E-state index contributed by atoms with van der Waals surface area (Å²) in [7, 11) is -23.5. The highest BCUT2D eigenvalue weighted by atomic mass is 32.2. The first-order chi connectivity index (χ1) is 42.7. The lowest BCUT2D eigenvalue weighted by Gasteiger charge is -2.30. The topological polar surface area (TPSA) is 405 Å². The molecule has 33 heteroatoms. The van der Waals surface area contributed by atoms with Crippen LogP contribution in [0, 0.1) is 0 Å². The van der Waals surface area contributed by atoms with Gasteiger partial charge in [-0.3, -0.25) is 22.8 Å². The Balaban J connectivity index is 1.30. The highest BCUT2D eigenvalue weighted by molar-refractivity contribution is 7.87. The molecule has 0 fully saturated rings. The average molecular weight is 1370 g/mol. The maximum Gasteiger partial charge on any atom is 0.333 e. The lowest BCUT2D eigenvalue weighted by molar-refractivity contribution is -0.438. The zero-order valence-corrected chi connectivity index (χ0v) is 54.5. The van der Waals surface area contributed by atoms with Crippen LogP contribution in [0.3, 0.4) is 0 Å². The van der Waals surface area contributed by atoms with Gasteiger partial charge in [-0.05, 0) is 106 Å². The summed E-state index contributed by atoms with van der Waals surface area (Å²) in [6, 6.07) is 11.4. The number of methoxy groups -OCH3 is 1. The normalized spacial score (nSPS) is 18.0. The number of allylic oxidation sites excluding steroid dienone is 6. The standard InChI is InChI=1S/C58H73N3O25S5/c1-6-59-46-14-12-42-44(35-40(88(68,69)70)37-48(42)90(74,75)76)55(46)57(3,20-8-34-87(65,66)67)50(59)16-10-39(2)11-17-51-58(4,21-23-81-26-27-83-30-31-85-33-32-84-29-28-82-25-24-80-5)56-45-36-41(89(71,72)73)38-49(91(77,78)79)43(45)13-15-47(56)60(51)22-7-9-54(64)86-61-52(62)18-19-53(61)63/h10-19,35-38H,6-9,20-34H2,1-5H3,(H6-,62,63,65,66,67,68,69,70,71,72,73,74,75,76,77,78,79)/p+1. The third-order valence-corrected chi connectivity index (χ3v) is 19.7. The Morgan fingerprint density at radius 1 is 0.593 bits per heavy atom. The summed E-state index contributed by atoms with van der Waals surface area (Å²) >= 11 is 0. The van der Waals surface area contributed by atoms with E-state index in [4.69, 9.17) is 33.3 Å². The van der Waals surface area contributed by atoms with Crippen LogP contribution in [0.2, 0.25) is 0 Å². The summed E-state index contributed by atoms with van der Waals surface area (Å²) in [4.78, 5) is 16.9. The molecule has 0 saturated heterocycles. The molecule has 1 aromatic heterocycles. The average Bonchev–Trinajstić information content (AvgIpc) is 1.60. The van der Waals surface area contributed by atoms with Crippen LogP contribution in [-0.4, -0.2) is 195 Å². The van der Waals surface area contributed by atoms with E-state index in [0.717, 1.165) is 24.3 Å². The molecule has 7 N–H and O–H groups in total. The molecule has 5 aromatic rings. The van der Waals surface area contributed by atoms with Crippen LogP contribution in [0.25, 0.3) is 21.5 Å². The monoisotopic (exact) mass is 1370 g/mol. The third kappa shape index (κ3) is 17.5. The van der Waals surface area contributed by atoms with Crippen molar-refractivity contribution in [1.82, 2.24) is 4.73 Å². The number of anilines is 1. The number of aromatic hydroxyl groups is 2. The number of hydrogen-bond acceptors (Lipinski definition) is 21. The van der Waals surface area contributed by atoms with Crippen molar-refractivity contribution in [2.24, 2.45) is 0 Å². The van der Waals surface area contributed by atoms with E-state index in [2.05, 4.69) is 0 Å². The molecule has 0 saturated carbocycles. The Kier molecular flexibility index (Phi) is 23.6. The third-order valence-electron chi connectivity index (χ3n) is 15.5. The summed E-state index contributed by atoms with van der Waals surface area (Å²) in [6.07, 6.45) is 6.38. The number of ether oxygens (including phenoxy) is 6. The Labute approximate surface area is 527 Å². The van der Waals surface area contributed by atoms with Gasteiger partial charge in [0, 0.05) is 84.1 Å². The van der Waals surface area contributed by atoms with Crippen LogP contribution < -0.4 is 9.74 Å². The van der Waals surface area contributed by atoms with E-state index in [9.17, 15) is 79.9 Å².